The van der Waals surface area contributed by atoms with E-state index in [1.54, 1.807) is 0 Å². The van der Waals surface area contributed by atoms with Crippen LogP contribution in [-0.2, 0) is 0 Å². The van der Waals surface area contributed by atoms with Crippen LogP contribution in [0, 0.1) is 0 Å². The largest absolute Gasteiger partial charge is 0.456 e. The van der Waals surface area contributed by atoms with E-state index in [0.717, 1.165) is 99.6 Å². The second kappa shape index (κ2) is 12.4. The van der Waals surface area contributed by atoms with Gasteiger partial charge in [0.15, 0.2) is 11.4 Å². The highest BCUT2D eigenvalue weighted by Gasteiger charge is 2.22. The zero-order chi connectivity index (χ0) is 37.5. The van der Waals surface area contributed by atoms with E-state index in [-0.39, 0.29) is 0 Å². The zero-order valence-electron chi connectivity index (χ0n) is 30.6. The predicted molar refractivity (Wildman–Crippen MR) is 233 cm³/mol. The van der Waals surface area contributed by atoms with E-state index in [4.69, 9.17) is 18.8 Å². The fourth-order valence-corrected chi connectivity index (χ4v) is 8.54. The quantitative estimate of drug-likeness (QED) is 0.177. The SMILES string of the molecule is c1ccc(-c2ccc(-c3cc(-c4ccc5oc6ccccc6c5c4)nc(-c4cccc5c4oc4c5ccc5c6ccccc6n(-c6ccccc6)c54)n3)cc2)cc1. The Balaban J connectivity index is 1.09. The number of furan rings is 2. The average molecular weight is 730 g/mol. The van der Waals surface area contributed by atoms with Gasteiger partial charge in [0, 0.05) is 49.1 Å². The first-order chi connectivity index (χ1) is 28.2. The Bertz CT molecular complexity index is 3500. The van der Waals surface area contributed by atoms with Crippen LogP contribution in [0.25, 0.3) is 116 Å². The van der Waals surface area contributed by atoms with Crippen LogP contribution in [0.5, 0.6) is 0 Å². The summed E-state index contributed by atoms with van der Waals surface area (Å²) in [6.07, 6.45) is 0. The van der Waals surface area contributed by atoms with Gasteiger partial charge in [-0.25, -0.2) is 9.97 Å². The van der Waals surface area contributed by atoms with Gasteiger partial charge in [-0.05, 0) is 71.8 Å². The third-order valence-electron chi connectivity index (χ3n) is 11.2. The molecule has 0 aliphatic rings. The number of fused-ring (bicyclic) bond motifs is 10. The van der Waals surface area contributed by atoms with Gasteiger partial charge in [0.2, 0.25) is 0 Å². The first-order valence-corrected chi connectivity index (χ1v) is 19.1. The lowest BCUT2D eigenvalue weighted by Crippen LogP contribution is -1.96. The van der Waals surface area contributed by atoms with Gasteiger partial charge < -0.3 is 13.4 Å². The van der Waals surface area contributed by atoms with Gasteiger partial charge in [-0.1, -0.05) is 127 Å². The summed E-state index contributed by atoms with van der Waals surface area (Å²) in [5.74, 6) is 0.594. The van der Waals surface area contributed by atoms with Crippen LogP contribution in [0.1, 0.15) is 0 Å². The maximum atomic E-state index is 7.08. The molecule has 57 heavy (non-hydrogen) atoms. The molecule has 0 fully saturated rings. The Morgan fingerprint density at radius 1 is 0.368 bits per heavy atom. The number of hydrogen-bond acceptors (Lipinski definition) is 4. The standard InChI is InChI=1S/C52H31N3O2/c1-3-12-32(13-4-1)33-22-24-34(25-23-33)44-31-45(35-26-29-48-43(30-35)38-17-8-10-21-47(38)56-48)54-52(53-44)42-19-11-18-40-41-28-27-39-37-16-7-9-20-46(37)55(36-14-5-2-6-15-36)49(39)51(41)57-50(40)42/h1-31H. The van der Waals surface area contributed by atoms with Crippen molar-refractivity contribution in [2.75, 3.05) is 0 Å². The summed E-state index contributed by atoms with van der Waals surface area (Å²) in [4.78, 5) is 10.6. The fraction of sp³-hybridized carbons (Fsp3) is 0. The third kappa shape index (κ3) is 4.96. The van der Waals surface area contributed by atoms with Crippen LogP contribution in [0.3, 0.4) is 0 Å². The molecule has 0 radical (unpaired) electrons. The summed E-state index contributed by atoms with van der Waals surface area (Å²) in [7, 11) is 0. The van der Waals surface area contributed by atoms with Gasteiger partial charge in [-0.2, -0.15) is 0 Å². The van der Waals surface area contributed by atoms with E-state index in [2.05, 4.69) is 162 Å². The number of hydrogen-bond donors (Lipinski definition) is 0. The van der Waals surface area contributed by atoms with Crippen molar-refractivity contribution in [2.24, 2.45) is 0 Å². The summed E-state index contributed by atoms with van der Waals surface area (Å²) in [5.41, 5.74) is 13.3. The van der Waals surface area contributed by atoms with E-state index in [1.165, 1.54) is 10.9 Å². The third-order valence-corrected chi connectivity index (χ3v) is 11.2. The molecule has 0 aliphatic heterocycles. The molecule has 0 bridgehead atoms. The molecular weight excluding hydrogens is 699 g/mol. The number of para-hydroxylation sites is 4. The predicted octanol–water partition coefficient (Wildman–Crippen LogP) is 14.0. The molecule has 4 heterocycles. The lowest BCUT2D eigenvalue weighted by Gasteiger charge is -2.11. The van der Waals surface area contributed by atoms with E-state index in [0.29, 0.717) is 5.82 Å². The Morgan fingerprint density at radius 2 is 0.982 bits per heavy atom. The van der Waals surface area contributed by atoms with Gasteiger partial charge in [0.05, 0.1) is 28.0 Å². The number of aromatic nitrogens is 3. The molecule has 0 spiro atoms. The van der Waals surface area contributed by atoms with Crippen molar-refractivity contribution >= 4 is 65.7 Å². The second-order valence-corrected chi connectivity index (χ2v) is 14.5. The van der Waals surface area contributed by atoms with Crippen LogP contribution in [0.4, 0.5) is 0 Å². The van der Waals surface area contributed by atoms with Gasteiger partial charge in [0.25, 0.3) is 0 Å². The fourth-order valence-electron chi connectivity index (χ4n) is 8.54. The van der Waals surface area contributed by atoms with E-state index < -0.39 is 0 Å². The second-order valence-electron chi connectivity index (χ2n) is 14.5. The first kappa shape index (κ1) is 31.6. The van der Waals surface area contributed by atoms with Crippen molar-refractivity contribution in [2.45, 2.75) is 0 Å². The number of nitrogens with zero attached hydrogens (tertiary/aromatic N) is 3. The van der Waals surface area contributed by atoms with Crippen LogP contribution >= 0.6 is 0 Å². The summed E-state index contributed by atoms with van der Waals surface area (Å²) in [5, 5.41) is 6.51. The van der Waals surface area contributed by atoms with E-state index in [1.807, 2.05) is 30.3 Å². The van der Waals surface area contributed by atoms with Gasteiger partial charge in [0.1, 0.15) is 16.7 Å². The highest BCUT2D eigenvalue weighted by molar-refractivity contribution is 6.22. The Kier molecular flexibility index (Phi) is 6.86. The molecule has 5 nitrogen and oxygen atoms in total. The maximum Gasteiger partial charge on any atom is 0.164 e. The first-order valence-electron chi connectivity index (χ1n) is 19.1. The van der Waals surface area contributed by atoms with Crippen LogP contribution in [0.2, 0.25) is 0 Å². The summed E-state index contributed by atoms with van der Waals surface area (Å²) < 4.78 is 15.6. The number of rotatable bonds is 5. The van der Waals surface area contributed by atoms with Crippen LogP contribution in [0.15, 0.2) is 197 Å². The van der Waals surface area contributed by atoms with Crippen molar-refractivity contribution in [3.8, 4) is 50.7 Å². The van der Waals surface area contributed by atoms with Crippen molar-refractivity contribution < 1.29 is 8.83 Å². The minimum Gasteiger partial charge on any atom is -0.456 e. The molecule has 0 saturated carbocycles. The lowest BCUT2D eigenvalue weighted by atomic mass is 10.0. The molecule has 266 valence electrons. The summed E-state index contributed by atoms with van der Waals surface area (Å²) >= 11 is 0. The minimum atomic E-state index is 0.594. The molecule has 0 saturated heterocycles. The minimum absolute atomic E-state index is 0.594. The van der Waals surface area contributed by atoms with Crippen molar-refractivity contribution in [3.05, 3.63) is 188 Å². The molecule has 4 aromatic heterocycles. The van der Waals surface area contributed by atoms with E-state index in [9.17, 15) is 0 Å². The van der Waals surface area contributed by atoms with Gasteiger partial charge in [-0.15, -0.1) is 0 Å². The monoisotopic (exact) mass is 729 g/mol. The number of benzene rings is 8. The van der Waals surface area contributed by atoms with Crippen molar-refractivity contribution in [1.29, 1.82) is 0 Å². The lowest BCUT2D eigenvalue weighted by molar-refractivity contribution is 0.669. The van der Waals surface area contributed by atoms with Crippen LogP contribution in [-0.4, -0.2) is 14.5 Å². The molecule has 0 unspecified atom stereocenters. The molecule has 8 aromatic carbocycles. The molecule has 5 heteroatoms. The average Bonchev–Trinajstić information content (AvgIpc) is 3.96. The van der Waals surface area contributed by atoms with Crippen LogP contribution < -0.4 is 0 Å². The Morgan fingerprint density at radius 3 is 1.82 bits per heavy atom. The van der Waals surface area contributed by atoms with E-state index >= 15 is 0 Å². The molecule has 0 aliphatic carbocycles. The highest BCUT2D eigenvalue weighted by atomic mass is 16.3. The highest BCUT2D eigenvalue weighted by Crippen LogP contribution is 2.43. The molecule has 0 N–H and O–H groups in total. The molecular formula is C52H31N3O2. The smallest absolute Gasteiger partial charge is 0.164 e. The van der Waals surface area contributed by atoms with Crippen molar-refractivity contribution in [1.82, 2.24) is 14.5 Å². The normalized spacial score (nSPS) is 11.9. The zero-order valence-corrected chi connectivity index (χ0v) is 30.6. The van der Waals surface area contributed by atoms with Gasteiger partial charge in [-0.3, -0.25) is 0 Å². The maximum absolute atomic E-state index is 7.08. The van der Waals surface area contributed by atoms with Gasteiger partial charge >= 0.3 is 0 Å². The molecule has 12 aromatic rings. The summed E-state index contributed by atoms with van der Waals surface area (Å²) in [6.45, 7) is 0. The molecule has 0 atom stereocenters. The Hall–Kier alpha value is -7.76. The Labute approximate surface area is 326 Å². The molecule has 12 rings (SSSR count). The van der Waals surface area contributed by atoms with Crippen molar-refractivity contribution in [3.63, 3.8) is 0 Å². The molecule has 0 amide bonds. The topological polar surface area (TPSA) is 57.0 Å². The summed E-state index contributed by atoms with van der Waals surface area (Å²) in [6, 6.07) is 65.4.